The molecule has 4 heteroatoms. The molecule has 0 bridgehead atoms. The van der Waals surface area contributed by atoms with Gasteiger partial charge in [0.2, 0.25) is 0 Å². The highest BCUT2D eigenvalue weighted by molar-refractivity contribution is 7.98. The van der Waals surface area contributed by atoms with E-state index >= 15 is 0 Å². The minimum Gasteiger partial charge on any atom is -0.459 e. The van der Waals surface area contributed by atoms with E-state index in [1.807, 2.05) is 51.3 Å². The number of carbonyl (C=O) groups is 1. The summed E-state index contributed by atoms with van der Waals surface area (Å²) in [6.07, 6.45) is 2.01. The monoisotopic (exact) mass is 253 g/mol. The van der Waals surface area contributed by atoms with Crippen molar-refractivity contribution in [1.29, 1.82) is 0 Å². The van der Waals surface area contributed by atoms with E-state index in [9.17, 15) is 4.79 Å². The van der Waals surface area contributed by atoms with Gasteiger partial charge in [-0.1, -0.05) is 12.1 Å². The van der Waals surface area contributed by atoms with E-state index in [-0.39, 0.29) is 12.5 Å². The van der Waals surface area contributed by atoms with E-state index in [1.165, 1.54) is 0 Å². The molecule has 0 spiro atoms. The van der Waals surface area contributed by atoms with E-state index in [1.54, 1.807) is 11.8 Å². The molecule has 17 heavy (non-hydrogen) atoms. The lowest BCUT2D eigenvalue weighted by Gasteiger charge is -2.20. The number of benzene rings is 1. The summed E-state index contributed by atoms with van der Waals surface area (Å²) in [5.74, 6) is -0.242. The Kier molecular flexibility index (Phi) is 4.87. The van der Waals surface area contributed by atoms with Gasteiger partial charge in [-0.2, -0.15) is 0 Å². The summed E-state index contributed by atoms with van der Waals surface area (Å²) in [6, 6.07) is 7.89. The average Bonchev–Trinajstić information content (AvgIpc) is 2.24. The number of anilines is 1. The van der Waals surface area contributed by atoms with Crippen LogP contribution in [0.25, 0.3) is 0 Å². The largest absolute Gasteiger partial charge is 0.459 e. The molecule has 1 N–H and O–H groups in total. The van der Waals surface area contributed by atoms with Crippen LogP contribution in [0, 0.1) is 0 Å². The van der Waals surface area contributed by atoms with Crippen molar-refractivity contribution in [3.8, 4) is 0 Å². The Morgan fingerprint density at radius 2 is 2.00 bits per heavy atom. The van der Waals surface area contributed by atoms with E-state index in [2.05, 4.69) is 5.32 Å². The van der Waals surface area contributed by atoms with Gasteiger partial charge < -0.3 is 10.1 Å². The molecule has 0 radical (unpaired) electrons. The highest BCUT2D eigenvalue weighted by Gasteiger charge is 2.15. The first-order chi connectivity index (χ1) is 7.92. The number of para-hydroxylation sites is 1. The molecule has 0 saturated heterocycles. The molecule has 94 valence electrons. The number of ether oxygens (including phenoxy) is 1. The fourth-order valence-corrected chi connectivity index (χ4v) is 1.91. The van der Waals surface area contributed by atoms with Gasteiger partial charge in [-0.25, -0.2) is 0 Å². The molecule has 0 atom stereocenters. The fourth-order valence-electron chi connectivity index (χ4n) is 1.34. The van der Waals surface area contributed by atoms with Crippen molar-refractivity contribution in [2.45, 2.75) is 31.3 Å². The van der Waals surface area contributed by atoms with E-state index in [0.717, 1.165) is 10.6 Å². The lowest BCUT2D eigenvalue weighted by Crippen LogP contribution is -2.28. The highest BCUT2D eigenvalue weighted by Crippen LogP contribution is 2.24. The average molecular weight is 253 g/mol. The van der Waals surface area contributed by atoms with Gasteiger partial charge in [-0.15, -0.1) is 11.8 Å². The Morgan fingerprint density at radius 3 is 2.59 bits per heavy atom. The Labute approximate surface area is 107 Å². The summed E-state index contributed by atoms with van der Waals surface area (Å²) in [5.41, 5.74) is 0.531. The summed E-state index contributed by atoms with van der Waals surface area (Å²) in [5, 5.41) is 3.09. The lowest BCUT2D eigenvalue weighted by atomic mass is 10.2. The third-order valence-corrected chi connectivity index (χ3v) is 2.75. The number of hydrogen-bond acceptors (Lipinski definition) is 4. The highest BCUT2D eigenvalue weighted by atomic mass is 32.2. The normalized spacial score (nSPS) is 11.1. The van der Waals surface area contributed by atoms with Crippen LogP contribution in [0.2, 0.25) is 0 Å². The van der Waals surface area contributed by atoms with Crippen molar-refractivity contribution in [3.63, 3.8) is 0 Å². The molecule has 0 aromatic heterocycles. The van der Waals surface area contributed by atoms with Crippen LogP contribution >= 0.6 is 11.8 Å². The number of hydrogen-bond donors (Lipinski definition) is 1. The van der Waals surface area contributed by atoms with Crippen LogP contribution in [0.1, 0.15) is 20.8 Å². The topological polar surface area (TPSA) is 38.3 Å². The molecule has 0 amide bonds. The summed E-state index contributed by atoms with van der Waals surface area (Å²) in [6.45, 7) is 5.77. The predicted octanol–water partition coefficient (Wildman–Crippen LogP) is 3.16. The quantitative estimate of drug-likeness (QED) is 0.661. The maximum Gasteiger partial charge on any atom is 0.325 e. The van der Waals surface area contributed by atoms with Crippen molar-refractivity contribution in [2.24, 2.45) is 0 Å². The molecule has 3 nitrogen and oxygen atoms in total. The van der Waals surface area contributed by atoms with Crippen molar-refractivity contribution in [3.05, 3.63) is 24.3 Å². The van der Waals surface area contributed by atoms with Gasteiger partial charge in [0, 0.05) is 10.6 Å². The lowest BCUT2D eigenvalue weighted by molar-refractivity contribution is -0.152. The van der Waals surface area contributed by atoms with Crippen LogP contribution in [-0.4, -0.2) is 24.4 Å². The minimum atomic E-state index is -0.433. The number of carbonyl (C=O) groups excluding carboxylic acids is 1. The zero-order valence-corrected chi connectivity index (χ0v) is 11.6. The zero-order chi connectivity index (χ0) is 12.9. The summed E-state index contributed by atoms with van der Waals surface area (Å²) < 4.78 is 5.22. The van der Waals surface area contributed by atoms with Crippen LogP contribution < -0.4 is 5.32 Å². The molecule has 0 aliphatic carbocycles. The predicted molar refractivity (Wildman–Crippen MR) is 72.6 cm³/mol. The van der Waals surface area contributed by atoms with Gasteiger partial charge in [0.1, 0.15) is 12.1 Å². The van der Waals surface area contributed by atoms with Gasteiger partial charge in [0.15, 0.2) is 0 Å². The molecule has 1 aromatic rings. The molecular weight excluding hydrogens is 234 g/mol. The first kappa shape index (κ1) is 13.9. The zero-order valence-electron chi connectivity index (χ0n) is 10.7. The summed E-state index contributed by atoms with van der Waals surface area (Å²) in [7, 11) is 0. The second kappa shape index (κ2) is 5.96. The number of rotatable bonds is 4. The van der Waals surface area contributed by atoms with Gasteiger partial charge in [0.25, 0.3) is 0 Å². The molecule has 0 aliphatic heterocycles. The SMILES string of the molecule is CSc1ccccc1NCC(=O)OC(C)(C)C. The summed E-state index contributed by atoms with van der Waals surface area (Å²) >= 11 is 1.65. The molecule has 1 rings (SSSR count). The third-order valence-electron chi connectivity index (χ3n) is 1.95. The third kappa shape index (κ3) is 5.13. The molecule has 0 unspecified atom stereocenters. The van der Waals surface area contributed by atoms with Crippen LogP contribution in [0.4, 0.5) is 5.69 Å². The minimum absolute atomic E-state index is 0.189. The van der Waals surface area contributed by atoms with Crippen molar-refractivity contribution >= 4 is 23.4 Å². The number of nitrogens with one attached hydrogen (secondary N) is 1. The van der Waals surface area contributed by atoms with Gasteiger partial charge in [-0.3, -0.25) is 4.79 Å². The summed E-state index contributed by atoms with van der Waals surface area (Å²) in [4.78, 5) is 12.7. The first-order valence-electron chi connectivity index (χ1n) is 5.51. The van der Waals surface area contributed by atoms with E-state index in [0.29, 0.717) is 0 Å². The number of thioether (sulfide) groups is 1. The maximum absolute atomic E-state index is 11.5. The second-order valence-electron chi connectivity index (χ2n) is 4.64. The van der Waals surface area contributed by atoms with E-state index in [4.69, 9.17) is 4.74 Å². The fraction of sp³-hybridized carbons (Fsp3) is 0.462. The number of esters is 1. The van der Waals surface area contributed by atoms with Crippen molar-refractivity contribution < 1.29 is 9.53 Å². The van der Waals surface area contributed by atoms with Crippen LogP contribution in [0.3, 0.4) is 0 Å². The Bertz CT molecular complexity index is 385. The second-order valence-corrected chi connectivity index (χ2v) is 5.49. The molecule has 0 aliphatic rings. The van der Waals surface area contributed by atoms with Crippen molar-refractivity contribution in [2.75, 3.05) is 18.1 Å². The van der Waals surface area contributed by atoms with Gasteiger partial charge >= 0.3 is 5.97 Å². The Balaban J connectivity index is 2.53. The molecule has 0 heterocycles. The maximum atomic E-state index is 11.5. The van der Waals surface area contributed by atoms with E-state index < -0.39 is 5.60 Å². The van der Waals surface area contributed by atoms with Gasteiger partial charge in [-0.05, 0) is 39.2 Å². The molecule has 1 aromatic carbocycles. The Hall–Kier alpha value is -1.16. The molecular formula is C13H19NO2S. The van der Waals surface area contributed by atoms with Crippen LogP contribution in [0.5, 0.6) is 0 Å². The first-order valence-corrected chi connectivity index (χ1v) is 6.73. The van der Waals surface area contributed by atoms with Crippen LogP contribution in [0.15, 0.2) is 29.2 Å². The Morgan fingerprint density at radius 1 is 1.35 bits per heavy atom. The standard InChI is InChI=1S/C13H19NO2S/c1-13(2,3)16-12(15)9-14-10-7-5-6-8-11(10)17-4/h5-8,14H,9H2,1-4H3. The smallest absolute Gasteiger partial charge is 0.325 e. The molecule has 0 saturated carbocycles. The molecule has 0 fully saturated rings. The van der Waals surface area contributed by atoms with Crippen molar-refractivity contribution in [1.82, 2.24) is 0 Å². The van der Waals surface area contributed by atoms with Gasteiger partial charge in [0.05, 0.1) is 0 Å². The van der Waals surface area contributed by atoms with Crippen LogP contribution in [-0.2, 0) is 9.53 Å².